The zero-order chi connectivity index (χ0) is 14.0. The molecule has 1 aromatic heterocycles. The van der Waals surface area contributed by atoms with Crippen LogP contribution in [0.4, 0.5) is 0 Å². The molecule has 0 radical (unpaired) electrons. The first-order valence-electron chi connectivity index (χ1n) is 6.70. The minimum atomic E-state index is -0.264. The molecule has 1 amide bonds. The quantitative estimate of drug-likeness (QED) is 0.890. The molecule has 1 aliphatic rings. The Bertz CT molecular complexity index is 509. The highest BCUT2D eigenvalue weighted by molar-refractivity contribution is 6.03. The van der Waals surface area contributed by atoms with Gasteiger partial charge in [0.05, 0.1) is 5.56 Å². The van der Waals surface area contributed by atoms with Crippen molar-refractivity contribution in [3.8, 4) is 0 Å². The fourth-order valence-corrected chi connectivity index (χ4v) is 2.36. The van der Waals surface area contributed by atoms with E-state index in [2.05, 4.69) is 5.32 Å². The van der Waals surface area contributed by atoms with E-state index in [1.807, 2.05) is 6.92 Å². The van der Waals surface area contributed by atoms with Gasteiger partial charge in [-0.05, 0) is 26.7 Å². The molecule has 5 nitrogen and oxygen atoms in total. The van der Waals surface area contributed by atoms with Crippen LogP contribution in [0.2, 0.25) is 0 Å². The van der Waals surface area contributed by atoms with Crippen LogP contribution >= 0.6 is 12.4 Å². The normalized spacial score (nSPS) is 15.2. The third-order valence-corrected chi connectivity index (χ3v) is 3.40. The van der Waals surface area contributed by atoms with Crippen LogP contribution in [0.3, 0.4) is 0 Å². The lowest BCUT2D eigenvalue weighted by Gasteiger charge is -2.07. The maximum atomic E-state index is 12.0. The molecule has 1 aromatic rings. The molecule has 0 bridgehead atoms. The second-order valence-corrected chi connectivity index (χ2v) is 5.15. The van der Waals surface area contributed by atoms with E-state index in [1.165, 1.54) is 0 Å². The molecule has 3 N–H and O–H groups in total. The van der Waals surface area contributed by atoms with Crippen molar-refractivity contribution in [3.63, 3.8) is 0 Å². The molecule has 2 rings (SSSR count). The van der Waals surface area contributed by atoms with E-state index in [1.54, 1.807) is 6.92 Å². The number of hydrogen-bond donors (Lipinski definition) is 2. The topological polar surface area (TPSA) is 85.3 Å². The molecule has 1 atom stereocenters. The van der Waals surface area contributed by atoms with Crippen LogP contribution in [0.25, 0.3) is 0 Å². The molecular weight excluding hydrogens is 280 g/mol. The molecule has 0 aromatic carbocycles. The Balaban J connectivity index is 0.00000200. The molecule has 0 spiro atoms. The van der Waals surface area contributed by atoms with Crippen molar-refractivity contribution in [2.75, 3.05) is 6.54 Å². The highest BCUT2D eigenvalue weighted by Gasteiger charge is 2.28. The lowest BCUT2D eigenvalue weighted by molar-refractivity contribution is 0.0918. The summed E-state index contributed by atoms with van der Waals surface area (Å²) in [5.74, 6) is 0.744. The third-order valence-electron chi connectivity index (χ3n) is 3.40. The number of carbonyl (C=O) groups excluding carboxylic acids is 2. The number of amides is 1. The fraction of sp³-hybridized carbons (Fsp3) is 0.571. The van der Waals surface area contributed by atoms with Crippen LogP contribution in [0.1, 0.15) is 58.4 Å². The monoisotopic (exact) mass is 300 g/mol. The number of hydrogen-bond acceptors (Lipinski definition) is 4. The molecule has 0 saturated carbocycles. The predicted molar refractivity (Wildman–Crippen MR) is 78.6 cm³/mol. The van der Waals surface area contributed by atoms with E-state index < -0.39 is 0 Å². The molecule has 20 heavy (non-hydrogen) atoms. The summed E-state index contributed by atoms with van der Waals surface area (Å²) in [6.45, 7) is 4.17. The predicted octanol–water partition coefficient (Wildman–Crippen LogP) is 2.00. The SMILES string of the molecule is Cc1c(C(=O)NCCC(C)N)oc2c1C(=O)CCC2.Cl. The standard InChI is InChI=1S/C14H20N2O3.ClH/c1-8(15)6-7-16-14(18)13-9(2)12-10(17)4-3-5-11(12)19-13;/h8H,3-7,15H2,1-2H3,(H,16,18);1H. The van der Waals surface area contributed by atoms with Crippen molar-refractivity contribution in [2.24, 2.45) is 5.73 Å². The number of halogens is 1. The largest absolute Gasteiger partial charge is 0.455 e. The van der Waals surface area contributed by atoms with Crippen LogP contribution < -0.4 is 11.1 Å². The number of carbonyl (C=O) groups is 2. The summed E-state index contributed by atoms with van der Waals surface area (Å²) in [7, 11) is 0. The van der Waals surface area contributed by atoms with Gasteiger partial charge >= 0.3 is 0 Å². The Morgan fingerprint density at radius 1 is 1.45 bits per heavy atom. The first-order valence-corrected chi connectivity index (χ1v) is 6.70. The summed E-state index contributed by atoms with van der Waals surface area (Å²) in [5.41, 5.74) is 6.90. The molecular formula is C14H21ClN2O3. The van der Waals surface area contributed by atoms with Gasteiger partial charge in [-0.1, -0.05) is 0 Å². The number of furan rings is 1. The van der Waals surface area contributed by atoms with Crippen molar-refractivity contribution in [3.05, 3.63) is 22.6 Å². The number of Topliss-reactive ketones (excluding diaryl/α,β-unsaturated/α-hetero) is 1. The molecule has 1 unspecified atom stereocenters. The van der Waals surface area contributed by atoms with Crippen LogP contribution in [0.15, 0.2) is 4.42 Å². The third kappa shape index (κ3) is 3.41. The Labute approximate surface area is 124 Å². The summed E-state index contributed by atoms with van der Waals surface area (Å²) in [5, 5.41) is 2.77. The highest BCUT2D eigenvalue weighted by atomic mass is 35.5. The van der Waals surface area contributed by atoms with Gasteiger partial charge in [0.15, 0.2) is 11.5 Å². The second kappa shape index (κ2) is 6.90. The van der Waals surface area contributed by atoms with E-state index in [0.717, 1.165) is 12.8 Å². The van der Waals surface area contributed by atoms with Crippen LogP contribution in [0.5, 0.6) is 0 Å². The van der Waals surface area contributed by atoms with Gasteiger partial charge in [-0.2, -0.15) is 0 Å². The average Bonchev–Trinajstić information content (AvgIpc) is 2.67. The highest BCUT2D eigenvalue weighted by Crippen LogP contribution is 2.29. The van der Waals surface area contributed by atoms with Crippen LogP contribution in [-0.2, 0) is 6.42 Å². The van der Waals surface area contributed by atoms with Crippen molar-refractivity contribution < 1.29 is 14.0 Å². The minimum Gasteiger partial charge on any atom is -0.455 e. The van der Waals surface area contributed by atoms with E-state index in [9.17, 15) is 9.59 Å². The van der Waals surface area contributed by atoms with Crippen molar-refractivity contribution in [1.29, 1.82) is 0 Å². The smallest absolute Gasteiger partial charge is 0.287 e. The van der Waals surface area contributed by atoms with Gasteiger partial charge in [-0.25, -0.2) is 0 Å². The van der Waals surface area contributed by atoms with E-state index in [4.69, 9.17) is 10.2 Å². The Morgan fingerprint density at radius 3 is 2.75 bits per heavy atom. The van der Waals surface area contributed by atoms with Gasteiger partial charge in [0, 0.05) is 31.0 Å². The molecule has 0 saturated heterocycles. The maximum Gasteiger partial charge on any atom is 0.287 e. The van der Waals surface area contributed by atoms with Gasteiger partial charge in [0.2, 0.25) is 0 Å². The van der Waals surface area contributed by atoms with E-state index >= 15 is 0 Å². The second-order valence-electron chi connectivity index (χ2n) is 5.15. The molecule has 6 heteroatoms. The summed E-state index contributed by atoms with van der Waals surface area (Å²) < 4.78 is 5.56. The molecule has 0 fully saturated rings. The zero-order valence-electron chi connectivity index (χ0n) is 11.8. The summed E-state index contributed by atoms with van der Waals surface area (Å²) in [6.07, 6.45) is 2.78. The number of nitrogens with one attached hydrogen (secondary N) is 1. The van der Waals surface area contributed by atoms with Gasteiger partial charge in [0.1, 0.15) is 5.76 Å². The number of aryl methyl sites for hydroxylation is 1. The minimum absolute atomic E-state index is 0. The van der Waals surface area contributed by atoms with Gasteiger partial charge in [-0.3, -0.25) is 9.59 Å². The molecule has 1 aliphatic carbocycles. The van der Waals surface area contributed by atoms with Crippen LogP contribution in [-0.4, -0.2) is 24.3 Å². The van der Waals surface area contributed by atoms with Crippen molar-refractivity contribution in [1.82, 2.24) is 5.32 Å². The first kappa shape index (κ1) is 16.7. The number of ketones is 1. The van der Waals surface area contributed by atoms with Crippen molar-refractivity contribution >= 4 is 24.1 Å². The lowest BCUT2D eigenvalue weighted by atomic mass is 9.94. The molecule has 112 valence electrons. The van der Waals surface area contributed by atoms with E-state index in [0.29, 0.717) is 36.3 Å². The molecule has 0 aliphatic heterocycles. The summed E-state index contributed by atoms with van der Waals surface area (Å²) >= 11 is 0. The Kier molecular flexibility index (Phi) is 5.77. The number of fused-ring (bicyclic) bond motifs is 1. The van der Waals surface area contributed by atoms with Crippen molar-refractivity contribution in [2.45, 2.75) is 45.6 Å². The van der Waals surface area contributed by atoms with Crippen LogP contribution in [0, 0.1) is 6.92 Å². The van der Waals surface area contributed by atoms with Gasteiger partial charge in [-0.15, -0.1) is 12.4 Å². The number of nitrogens with two attached hydrogens (primary N) is 1. The maximum absolute atomic E-state index is 12.0. The Morgan fingerprint density at radius 2 is 2.15 bits per heavy atom. The summed E-state index contributed by atoms with van der Waals surface area (Å²) in [6, 6.07) is 0.0489. The van der Waals surface area contributed by atoms with Gasteiger partial charge < -0.3 is 15.5 Å². The molecule has 1 heterocycles. The first-order chi connectivity index (χ1) is 9.00. The van der Waals surface area contributed by atoms with Gasteiger partial charge in [0.25, 0.3) is 5.91 Å². The summed E-state index contributed by atoms with van der Waals surface area (Å²) in [4.78, 5) is 23.9. The fourth-order valence-electron chi connectivity index (χ4n) is 2.36. The Hall–Kier alpha value is -1.33. The zero-order valence-corrected chi connectivity index (χ0v) is 12.6. The number of rotatable bonds is 4. The lowest BCUT2D eigenvalue weighted by Crippen LogP contribution is -2.29. The average molecular weight is 301 g/mol. The van der Waals surface area contributed by atoms with E-state index in [-0.39, 0.29) is 35.9 Å².